The molecule has 1 rings (SSSR count). The Balaban J connectivity index is 2.46. The van der Waals surface area contributed by atoms with E-state index in [2.05, 4.69) is 0 Å². The lowest BCUT2D eigenvalue weighted by atomic mass is 10.1. The van der Waals surface area contributed by atoms with Crippen LogP contribution in [-0.2, 0) is 0 Å². The SMILES string of the molecule is O=C(O)N1CC[C@H](F)[C@@H](O)C1. The molecule has 0 unspecified atom stereocenters. The highest BCUT2D eigenvalue weighted by atomic mass is 19.1. The molecule has 0 aromatic rings. The van der Waals surface area contributed by atoms with Crippen LogP contribution in [0.5, 0.6) is 0 Å². The molecule has 1 aliphatic rings. The summed E-state index contributed by atoms with van der Waals surface area (Å²) < 4.78 is 12.5. The summed E-state index contributed by atoms with van der Waals surface area (Å²) in [6.07, 6.45) is -3.44. The number of hydrogen-bond donors (Lipinski definition) is 2. The zero-order valence-electron chi connectivity index (χ0n) is 5.90. The first-order valence-corrected chi connectivity index (χ1v) is 3.41. The number of nitrogens with zero attached hydrogens (tertiary/aromatic N) is 1. The van der Waals surface area contributed by atoms with Crippen molar-refractivity contribution in [3.8, 4) is 0 Å². The molecule has 0 aromatic heterocycles. The Morgan fingerprint density at radius 2 is 2.27 bits per heavy atom. The molecule has 1 heterocycles. The van der Waals surface area contributed by atoms with Crippen molar-refractivity contribution in [1.82, 2.24) is 4.90 Å². The van der Waals surface area contributed by atoms with E-state index in [9.17, 15) is 9.18 Å². The fourth-order valence-corrected chi connectivity index (χ4v) is 1.08. The Bertz CT molecular complexity index is 164. The molecule has 64 valence electrons. The number of rotatable bonds is 0. The highest BCUT2D eigenvalue weighted by Gasteiger charge is 2.29. The van der Waals surface area contributed by atoms with Gasteiger partial charge in [0.2, 0.25) is 0 Å². The second-order valence-corrected chi connectivity index (χ2v) is 2.60. The molecule has 0 spiro atoms. The maximum absolute atomic E-state index is 12.5. The second-order valence-electron chi connectivity index (χ2n) is 2.60. The van der Waals surface area contributed by atoms with Crippen molar-refractivity contribution < 1.29 is 19.4 Å². The zero-order chi connectivity index (χ0) is 8.43. The van der Waals surface area contributed by atoms with Crippen LogP contribution in [0, 0.1) is 0 Å². The molecule has 0 radical (unpaired) electrons. The molecular formula is C6H10FNO3. The molecule has 0 aromatic carbocycles. The fraction of sp³-hybridized carbons (Fsp3) is 0.833. The highest BCUT2D eigenvalue weighted by Crippen LogP contribution is 2.13. The summed E-state index contributed by atoms with van der Waals surface area (Å²) in [7, 11) is 0. The number of carboxylic acid groups (broad SMARTS) is 1. The molecular weight excluding hydrogens is 153 g/mol. The lowest BCUT2D eigenvalue weighted by molar-refractivity contribution is 0.00800. The number of piperidine rings is 1. The van der Waals surface area contributed by atoms with Gasteiger partial charge in [0.05, 0.1) is 6.54 Å². The molecule has 1 amide bonds. The van der Waals surface area contributed by atoms with Gasteiger partial charge in [-0.3, -0.25) is 0 Å². The van der Waals surface area contributed by atoms with Crippen LogP contribution in [0.3, 0.4) is 0 Å². The maximum atomic E-state index is 12.5. The molecule has 5 heteroatoms. The highest BCUT2D eigenvalue weighted by molar-refractivity contribution is 5.65. The molecule has 1 fully saturated rings. The summed E-state index contributed by atoms with van der Waals surface area (Å²) >= 11 is 0. The van der Waals surface area contributed by atoms with E-state index >= 15 is 0 Å². The molecule has 4 nitrogen and oxygen atoms in total. The van der Waals surface area contributed by atoms with E-state index in [1.807, 2.05) is 0 Å². The van der Waals surface area contributed by atoms with Gasteiger partial charge in [-0.05, 0) is 6.42 Å². The minimum atomic E-state index is -1.27. The van der Waals surface area contributed by atoms with E-state index in [0.717, 1.165) is 4.90 Å². The summed E-state index contributed by atoms with van der Waals surface area (Å²) in [4.78, 5) is 11.3. The largest absolute Gasteiger partial charge is 0.465 e. The molecule has 0 saturated carbocycles. The topological polar surface area (TPSA) is 60.8 Å². The van der Waals surface area contributed by atoms with Crippen LogP contribution in [0.2, 0.25) is 0 Å². The molecule has 11 heavy (non-hydrogen) atoms. The number of aliphatic hydroxyl groups is 1. The van der Waals surface area contributed by atoms with Gasteiger partial charge in [0.25, 0.3) is 0 Å². The fourth-order valence-electron chi connectivity index (χ4n) is 1.08. The molecule has 2 N–H and O–H groups in total. The van der Waals surface area contributed by atoms with Crippen LogP contribution in [0.15, 0.2) is 0 Å². The van der Waals surface area contributed by atoms with Crippen molar-refractivity contribution in [1.29, 1.82) is 0 Å². The standard InChI is InChI=1S/C6H10FNO3/c7-4-1-2-8(6(10)11)3-5(4)9/h4-5,9H,1-3H2,(H,10,11)/t4-,5-/m0/s1. The summed E-state index contributed by atoms with van der Waals surface area (Å²) in [5, 5.41) is 17.4. The third-order valence-corrected chi connectivity index (χ3v) is 1.77. The second kappa shape index (κ2) is 3.04. The average molecular weight is 163 g/mol. The number of aliphatic hydroxyl groups excluding tert-OH is 1. The van der Waals surface area contributed by atoms with Gasteiger partial charge in [-0.25, -0.2) is 9.18 Å². The van der Waals surface area contributed by atoms with E-state index in [0.29, 0.717) is 0 Å². The summed E-state index contributed by atoms with van der Waals surface area (Å²) in [5.74, 6) is 0. The van der Waals surface area contributed by atoms with Gasteiger partial charge in [-0.15, -0.1) is 0 Å². The number of amides is 1. The lowest BCUT2D eigenvalue weighted by Crippen LogP contribution is -2.47. The van der Waals surface area contributed by atoms with Crippen LogP contribution in [0.25, 0.3) is 0 Å². The predicted molar refractivity (Wildman–Crippen MR) is 35.1 cm³/mol. The van der Waals surface area contributed by atoms with Gasteiger partial charge in [0.15, 0.2) is 0 Å². The number of β-amino-alcohol motifs (C(OH)–C–C–N with tert-alkyl or cyclic N) is 1. The van der Waals surface area contributed by atoms with E-state index in [1.165, 1.54) is 0 Å². The minimum absolute atomic E-state index is 0.0907. The van der Waals surface area contributed by atoms with Gasteiger partial charge < -0.3 is 15.1 Å². The first-order chi connectivity index (χ1) is 5.11. The van der Waals surface area contributed by atoms with Crippen LogP contribution in [0.1, 0.15) is 6.42 Å². The van der Waals surface area contributed by atoms with Gasteiger partial charge in [0, 0.05) is 6.54 Å². The van der Waals surface area contributed by atoms with Crippen LogP contribution in [-0.4, -0.2) is 46.6 Å². The van der Waals surface area contributed by atoms with Crippen molar-refractivity contribution in [3.05, 3.63) is 0 Å². The quantitative estimate of drug-likeness (QED) is 0.531. The zero-order valence-corrected chi connectivity index (χ0v) is 5.90. The van der Waals surface area contributed by atoms with Crippen molar-refractivity contribution in [3.63, 3.8) is 0 Å². The summed E-state index contributed by atoms with van der Waals surface area (Å²) in [6, 6.07) is 0. The number of alkyl halides is 1. The summed E-state index contributed by atoms with van der Waals surface area (Å²) in [5.41, 5.74) is 0. The van der Waals surface area contributed by atoms with E-state index in [4.69, 9.17) is 10.2 Å². The maximum Gasteiger partial charge on any atom is 0.407 e. The minimum Gasteiger partial charge on any atom is -0.465 e. The predicted octanol–water partition coefficient (Wildman–Crippen LogP) is 0.0691. The Labute approximate surface area is 63.2 Å². The van der Waals surface area contributed by atoms with Crippen molar-refractivity contribution in [2.45, 2.75) is 18.7 Å². The average Bonchev–Trinajstić information content (AvgIpc) is 1.94. The van der Waals surface area contributed by atoms with E-state index in [1.54, 1.807) is 0 Å². The van der Waals surface area contributed by atoms with Crippen LogP contribution < -0.4 is 0 Å². The normalized spacial score (nSPS) is 32.0. The Morgan fingerprint density at radius 1 is 1.64 bits per heavy atom. The van der Waals surface area contributed by atoms with Crippen molar-refractivity contribution in [2.75, 3.05) is 13.1 Å². The Kier molecular flexibility index (Phi) is 2.28. The Hall–Kier alpha value is -0.840. The number of likely N-dealkylation sites (tertiary alicyclic amines) is 1. The first kappa shape index (κ1) is 8.26. The monoisotopic (exact) mass is 163 g/mol. The number of halogens is 1. The molecule has 0 bridgehead atoms. The Morgan fingerprint density at radius 3 is 2.73 bits per heavy atom. The van der Waals surface area contributed by atoms with E-state index < -0.39 is 18.4 Å². The van der Waals surface area contributed by atoms with Gasteiger partial charge in [-0.1, -0.05) is 0 Å². The molecule has 1 aliphatic heterocycles. The third kappa shape index (κ3) is 1.80. The van der Waals surface area contributed by atoms with E-state index in [-0.39, 0.29) is 19.5 Å². The van der Waals surface area contributed by atoms with Gasteiger partial charge >= 0.3 is 6.09 Å². The lowest BCUT2D eigenvalue weighted by Gasteiger charge is -2.29. The molecule has 2 atom stereocenters. The summed E-state index contributed by atoms with van der Waals surface area (Å²) in [6.45, 7) is 0.0596. The number of carbonyl (C=O) groups is 1. The van der Waals surface area contributed by atoms with Crippen molar-refractivity contribution in [2.24, 2.45) is 0 Å². The van der Waals surface area contributed by atoms with Crippen LogP contribution in [0.4, 0.5) is 9.18 Å². The van der Waals surface area contributed by atoms with Gasteiger partial charge in [-0.2, -0.15) is 0 Å². The van der Waals surface area contributed by atoms with Gasteiger partial charge in [0.1, 0.15) is 12.3 Å². The third-order valence-electron chi connectivity index (χ3n) is 1.77. The first-order valence-electron chi connectivity index (χ1n) is 3.41. The van der Waals surface area contributed by atoms with Crippen LogP contribution >= 0.6 is 0 Å². The van der Waals surface area contributed by atoms with Crippen molar-refractivity contribution >= 4 is 6.09 Å². The molecule has 1 saturated heterocycles. The number of hydrogen-bond acceptors (Lipinski definition) is 2. The smallest absolute Gasteiger partial charge is 0.407 e. The molecule has 0 aliphatic carbocycles.